The minimum Gasteiger partial charge on any atom is -0.363 e. The number of alkyl halides is 13. The molecule has 1 nitrogen and oxygen atoms in total. The molecule has 0 atom stereocenters. The zero-order chi connectivity index (χ0) is 18.1. The molecule has 0 rings (SSSR count). The van der Waals surface area contributed by atoms with Crippen molar-refractivity contribution in [3.05, 3.63) is 0 Å². The summed E-state index contributed by atoms with van der Waals surface area (Å²) in [5.41, 5.74) is 0. The van der Waals surface area contributed by atoms with Crippen LogP contribution in [0.25, 0.3) is 0 Å². The van der Waals surface area contributed by atoms with E-state index in [0.717, 1.165) is 0 Å². The van der Waals surface area contributed by atoms with Crippen molar-refractivity contribution in [3.8, 4) is 0 Å². The summed E-state index contributed by atoms with van der Waals surface area (Å²) in [6.07, 6.45) is -18.9. The molecule has 0 saturated heterocycles. The standard InChI is InChI=1S/C4H4F6O.C2H3F3.CF4.3CH4/c5-3(6,7)1-11-2-4(8,9)10;1-2(3,4)5;2-1(3,4)5;;;/h1-2H2;1H3;;3*1H4. The second-order valence-corrected chi connectivity index (χ2v) is 2.93. The summed E-state index contributed by atoms with van der Waals surface area (Å²) in [5.74, 6) is 0. The van der Waals surface area contributed by atoms with Gasteiger partial charge in [0.05, 0.1) is 0 Å². The smallest absolute Gasteiger partial charge is 0.363 e. The first kappa shape index (κ1) is 38.6. The molecule has 14 heteroatoms. The van der Waals surface area contributed by atoms with Gasteiger partial charge in [0.15, 0.2) is 0 Å². The average molecular weight is 402 g/mol. The molecule has 0 radical (unpaired) electrons. The van der Waals surface area contributed by atoms with Gasteiger partial charge in [-0.15, -0.1) is 17.6 Å². The predicted octanol–water partition coefficient (Wildman–Crippen LogP) is 7.08. The molecule has 0 aliphatic heterocycles. The Morgan fingerprint density at radius 2 is 0.667 bits per heavy atom. The van der Waals surface area contributed by atoms with Crippen molar-refractivity contribution in [2.24, 2.45) is 0 Å². The molecule has 0 bridgehead atoms. The van der Waals surface area contributed by atoms with Gasteiger partial charge >= 0.3 is 25.0 Å². The monoisotopic (exact) mass is 402 g/mol. The Labute approximate surface area is 130 Å². The van der Waals surface area contributed by atoms with E-state index in [-0.39, 0.29) is 29.2 Å². The first-order valence-electron chi connectivity index (χ1n) is 4.24. The molecular formula is C10H19F13O. The van der Waals surface area contributed by atoms with Crippen LogP contribution in [0.2, 0.25) is 0 Å². The van der Waals surface area contributed by atoms with Crippen molar-refractivity contribution >= 4 is 0 Å². The maximum absolute atomic E-state index is 11.1. The van der Waals surface area contributed by atoms with Crippen LogP contribution in [-0.4, -0.2) is 38.2 Å². The van der Waals surface area contributed by atoms with Gasteiger partial charge in [0.25, 0.3) is 0 Å². The van der Waals surface area contributed by atoms with Crippen LogP contribution in [0, 0.1) is 0 Å². The molecule has 0 amide bonds. The van der Waals surface area contributed by atoms with E-state index in [0.29, 0.717) is 0 Å². The lowest BCUT2D eigenvalue weighted by atomic mass is 10.6. The molecule has 0 aliphatic rings. The van der Waals surface area contributed by atoms with E-state index < -0.39 is 38.2 Å². The van der Waals surface area contributed by atoms with E-state index in [9.17, 15) is 57.1 Å². The number of hydrogen-bond acceptors (Lipinski definition) is 1. The lowest BCUT2D eigenvalue weighted by Gasteiger charge is -2.09. The molecule has 0 fully saturated rings. The van der Waals surface area contributed by atoms with Crippen LogP contribution < -0.4 is 0 Å². The number of halogens is 13. The highest BCUT2D eigenvalue weighted by molar-refractivity contribution is 4.49. The fraction of sp³-hybridized carbons (Fsp3) is 1.00. The molecule has 0 aromatic rings. The third kappa shape index (κ3) is 170. The fourth-order valence-corrected chi connectivity index (χ4v) is 0.282. The van der Waals surface area contributed by atoms with E-state index >= 15 is 0 Å². The molecule has 0 unspecified atom stereocenters. The summed E-state index contributed by atoms with van der Waals surface area (Å²) in [4.78, 5) is 0. The maximum atomic E-state index is 11.1. The lowest BCUT2D eigenvalue weighted by molar-refractivity contribution is -0.237. The van der Waals surface area contributed by atoms with Crippen LogP contribution in [-0.2, 0) is 4.74 Å². The van der Waals surface area contributed by atoms with E-state index in [1.54, 1.807) is 0 Å². The molecular weight excluding hydrogens is 383 g/mol. The SMILES string of the molecule is C.C.C.CC(F)(F)F.FC(F)(F)COCC(F)(F)F.FC(F)(F)F. The van der Waals surface area contributed by atoms with Crippen LogP contribution >= 0.6 is 0 Å². The summed E-state index contributed by atoms with van der Waals surface area (Å²) >= 11 is 0. The minimum atomic E-state index is -5.50. The van der Waals surface area contributed by atoms with Gasteiger partial charge in [-0.25, -0.2) is 0 Å². The predicted molar refractivity (Wildman–Crippen MR) is 62.0 cm³/mol. The largest absolute Gasteiger partial charge is 0.559 e. The van der Waals surface area contributed by atoms with Crippen LogP contribution in [0.15, 0.2) is 0 Å². The van der Waals surface area contributed by atoms with Crippen molar-refractivity contribution in [1.82, 2.24) is 0 Å². The van der Waals surface area contributed by atoms with Crippen LogP contribution in [0.1, 0.15) is 29.2 Å². The molecule has 0 saturated carbocycles. The topological polar surface area (TPSA) is 9.23 Å². The zero-order valence-corrected chi connectivity index (χ0v) is 9.74. The summed E-state index contributed by atoms with van der Waals surface area (Å²) in [5, 5.41) is 0. The van der Waals surface area contributed by atoms with E-state index in [2.05, 4.69) is 4.74 Å². The van der Waals surface area contributed by atoms with Crippen molar-refractivity contribution < 1.29 is 61.8 Å². The van der Waals surface area contributed by atoms with Gasteiger partial charge in [-0.05, 0) is 0 Å². The normalized spacial score (nSPS) is 11.2. The highest BCUT2D eigenvalue weighted by Crippen LogP contribution is 2.18. The van der Waals surface area contributed by atoms with Gasteiger partial charge in [-0.1, -0.05) is 22.3 Å². The molecule has 24 heavy (non-hydrogen) atoms. The van der Waals surface area contributed by atoms with Gasteiger partial charge in [0, 0.05) is 6.92 Å². The van der Waals surface area contributed by atoms with Crippen molar-refractivity contribution in [2.75, 3.05) is 13.2 Å². The Balaban J connectivity index is -0.0000000536. The second-order valence-electron chi connectivity index (χ2n) is 2.93. The number of rotatable bonds is 2. The molecule has 0 N–H and O–H groups in total. The fourth-order valence-electron chi connectivity index (χ4n) is 0.282. The Bertz CT molecular complexity index is 209. The lowest BCUT2D eigenvalue weighted by Crippen LogP contribution is -2.23. The van der Waals surface area contributed by atoms with E-state index in [4.69, 9.17) is 0 Å². The zero-order valence-electron chi connectivity index (χ0n) is 9.74. The van der Waals surface area contributed by atoms with Crippen molar-refractivity contribution in [1.29, 1.82) is 0 Å². The third-order valence-electron chi connectivity index (χ3n) is 0.531. The second kappa shape index (κ2) is 14.4. The summed E-state index contributed by atoms with van der Waals surface area (Å²) in [6, 6.07) is 0. The van der Waals surface area contributed by atoms with Crippen molar-refractivity contribution in [3.63, 3.8) is 0 Å². The molecule has 0 aromatic heterocycles. The molecule has 0 spiro atoms. The van der Waals surface area contributed by atoms with Gasteiger partial charge < -0.3 is 4.74 Å². The molecule has 0 aliphatic carbocycles. The Morgan fingerprint density at radius 3 is 0.750 bits per heavy atom. The molecule has 0 heterocycles. The Hall–Kier alpha value is -0.950. The molecule has 0 aromatic carbocycles. The van der Waals surface area contributed by atoms with Crippen LogP contribution in [0.3, 0.4) is 0 Å². The van der Waals surface area contributed by atoms with Gasteiger partial charge in [0.2, 0.25) is 0 Å². The van der Waals surface area contributed by atoms with Gasteiger partial charge in [-0.2, -0.15) is 39.5 Å². The Morgan fingerprint density at radius 1 is 0.542 bits per heavy atom. The van der Waals surface area contributed by atoms with Crippen LogP contribution in [0.5, 0.6) is 0 Å². The minimum absolute atomic E-state index is 0. The van der Waals surface area contributed by atoms with E-state index in [1.165, 1.54) is 0 Å². The third-order valence-corrected chi connectivity index (χ3v) is 0.531. The van der Waals surface area contributed by atoms with Gasteiger partial charge in [0.1, 0.15) is 13.2 Å². The number of hydrogen-bond donors (Lipinski definition) is 0. The van der Waals surface area contributed by atoms with E-state index in [1.807, 2.05) is 0 Å². The molecule has 156 valence electrons. The maximum Gasteiger partial charge on any atom is 0.559 e. The average Bonchev–Trinajstić information content (AvgIpc) is 1.89. The summed E-state index contributed by atoms with van der Waals surface area (Å²) < 4.78 is 140. The van der Waals surface area contributed by atoms with Crippen molar-refractivity contribution in [2.45, 2.75) is 54.2 Å². The highest BCUT2D eigenvalue weighted by atomic mass is 19.5. The van der Waals surface area contributed by atoms with Crippen LogP contribution in [0.4, 0.5) is 57.1 Å². The first-order chi connectivity index (χ1) is 8.71. The number of ether oxygens (including phenoxy) is 1. The Kier molecular flexibility index (Phi) is 23.1. The first-order valence-corrected chi connectivity index (χ1v) is 4.24. The quantitative estimate of drug-likeness (QED) is 0.449. The summed E-state index contributed by atoms with van der Waals surface area (Å²) in [6.45, 7) is -3.55. The van der Waals surface area contributed by atoms with Gasteiger partial charge in [-0.3, -0.25) is 0 Å². The highest BCUT2D eigenvalue weighted by Gasteiger charge is 2.32. The summed E-state index contributed by atoms with van der Waals surface area (Å²) in [7, 11) is 0.